The maximum atomic E-state index is 11.6. The lowest BCUT2D eigenvalue weighted by molar-refractivity contribution is 0.0692. The first kappa shape index (κ1) is 14.0. The van der Waals surface area contributed by atoms with Crippen molar-refractivity contribution in [2.75, 3.05) is 14.2 Å². The van der Waals surface area contributed by atoms with Gasteiger partial charge in [-0.3, -0.25) is 0 Å². The zero-order valence-corrected chi connectivity index (χ0v) is 12.2. The van der Waals surface area contributed by atoms with Gasteiger partial charge in [-0.2, -0.15) is 0 Å². The number of methoxy groups -OCH3 is 2. The Bertz CT molecular complexity index is 834. The van der Waals surface area contributed by atoms with E-state index in [9.17, 15) is 9.90 Å². The minimum atomic E-state index is -0.999. The number of benzene rings is 2. The molecule has 0 radical (unpaired) electrons. The average Bonchev–Trinajstić information content (AvgIpc) is 2.93. The van der Waals surface area contributed by atoms with Crippen LogP contribution in [-0.4, -0.2) is 30.3 Å². The molecule has 0 aliphatic carbocycles. The third-order valence-electron chi connectivity index (χ3n) is 3.60. The van der Waals surface area contributed by atoms with Gasteiger partial charge in [-0.25, -0.2) is 4.79 Å². The Labute approximate surface area is 127 Å². The summed E-state index contributed by atoms with van der Waals surface area (Å²) < 4.78 is 10.3. The molecule has 0 bridgehead atoms. The number of H-pyrrole nitrogens is 1. The highest BCUT2D eigenvalue weighted by atomic mass is 16.5. The van der Waals surface area contributed by atoms with Gasteiger partial charge in [0.15, 0.2) is 0 Å². The first-order valence-corrected chi connectivity index (χ1v) is 6.71. The molecule has 0 aliphatic rings. The molecule has 3 aromatic rings. The smallest absolute Gasteiger partial charge is 0.352 e. The number of hydrogen-bond donors (Lipinski definition) is 2. The monoisotopic (exact) mass is 297 g/mol. The molecule has 0 unspecified atom stereocenters. The van der Waals surface area contributed by atoms with Crippen LogP contribution < -0.4 is 9.47 Å². The molecule has 2 aromatic carbocycles. The molecule has 0 saturated heterocycles. The standard InChI is InChI=1S/C17H15NO4/c1-21-11-5-3-10(4-6-11)15-13-8-7-12(22-2)9-14(13)18-16(15)17(19)20/h3-9,18H,1-2H3,(H,19,20). The fourth-order valence-electron chi connectivity index (χ4n) is 2.52. The first-order valence-electron chi connectivity index (χ1n) is 6.71. The van der Waals surface area contributed by atoms with Crippen molar-refractivity contribution in [2.45, 2.75) is 0 Å². The molecule has 0 atom stereocenters. The van der Waals surface area contributed by atoms with Gasteiger partial charge in [0.2, 0.25) is 0 Å². The van der Waals surface area contributed by atoms with E-state index in [1.54, 1.807) is 20.3 Å². The number of rotatable bonds is 4. The van der Waals surface area contributed by atoms with Crippen LogP contribution >= 0.6 is 0 Å². The molecule has 3 rings (SSSR count). The Morgan fingerprint density at radius 2 is 1.64 bits per heavy atom. The Morgan fingerprint density at radius 1 is 1.00 bits per heavy atom. The average molecular weight is 297 g/mol. The van der Waals surface area contributed by atoms with Gasteiger partial charge in [-0.05, 0) is 29.8 Å². The van der Waals surface area contributed by atoms with E-state index in [1.165, 1.54) is 0 Å². The number of aromatic carboxylic acids is 1. The second-order valence-electron chi connectivity index (χ2n) is 4.82. The summed E-state index contributed by atoms with van der Waals surface area (Å²) in [5.74, 6) is 0.398. The molecular weight excluding hydrogens is 282 g/mol. The molecule has 0 spiro atoms. The van der Waals surface area contributed by atoms with Crippen molar-refractivity contribution >= 4 is 16.9 Å². The largest absolute Gasteiger partial charge is 0.497 e. The van der Waals surface area contributed by atoms with Gasteiger partial charge in [0, 0.05) is 17.0 Å². The number of ether oxygens (including phenoxy) is 2. The van der Waals surface area contributed by atoms with E-state index in [-0.39, 0.29) is 5.69 Å². The molecule has 2 N–H and O–H groups in total. The van der Waals surface area contributed by atoms with Crippen molar-refractivity contribution in [3.05, 3.63) is 48.2 Å². The van der Waals surface area contributed by atoms with Crippen LogP contribution in [0.5, 0.6) is 11.5 Å². The van der Waals surface area contributed by atoms with Crippen molar-refractivity contribution in [3.63, 3.8) is 0 Å². The van der Waals surface area contributed by atoms with Crippen LogP contribution in [0.1, 0.15) is 10.5 Å². The maximum absolute atomic E-state index is 11.6. The summed E-state index contributed by atoms with van der Waals surface area (Å²) >= 11 is 0. The summed E-state index contributed by atoms with van der Waals surface area (Å²) in [5, 5.41) is 10.3. The Hall–Kier alpha value is -2.95. The van der Waals surface area contributed by atoms with Crippen LogP contribution in [0.15, 0.2) is 42.5 Å². The van der Waals surface area contributed by atoms with Crippen molar-refractivity contribution in [1.82, 2.24) is 4.98 Å². The number of fused-ring (bicyclic) bond motifs is 1. The third kappa shape index (κ3) is 2.26. The number of aromatic nitrogens is 1. The van der Waals surface area contributed by atoms with E-state index in [1.807, 2.05) is 36.4 Å². The van der Waals surface area contributed by atoms with Crippen LogP contribution in [-0.2, 0) is 0 Å². The molecule has 1 aromatic heterocycles. The van der Waals surface area contributed by atoms with Gasteiger partial charge in [-0.15, -0.1) is 0 Å². The predicted octanol–water partition coefficient (Wildman–Crippen LogP) is 3.55. The Balaban J connectivity index is 2.25. The molecular formula is C17H15NO4. The summed E-state index contributed by atoms with van der Waals surface area (Å²) in [4.78, 5) is 14.5. The predicted molar refractivity (Wildman–Crippen MR) is 83.8 cm³/mol. The lowest BCUT2D eigenvalue weighted by atomic mass is 10.0. The minimum Gasteiger partial charge on any atom is -0.497 e. The normalized spacial score (nSPS) is 10.6. The number of hydrogen-bond acceptors (Lipinski definition) is 3. The number of nitrogens with one attached hydrogen (secondary N) is 1. The van der Waals surface area contributed by atoms with E-state index in [0.29, 0.717) is 11.3 Å². The summed E-state index contributed by atoms with van der Waals surface area (Å²) in [6.07, 6.45) is 0. The molecule has 0 saturated carbocycles. The lowest BCUT2D eigenvalue weighted by Gasteiger charge is -2.05. The molecule has 0 amide bonds. The lowest BCUT2D eigenvalue weighted by Crippen LogP contribution is -1.98. The van der Waals surface area contributed by atoms with E-state index in [2.05, 4.69) is 4.98 Å². The highest BCUT2D eigenvalue weighted by Gasteiger charge is 2.18. The summed E-state index contributed by atoms with van der Waals surface area (Å²) in [6, 6.07) is 12.8. The molecule has 5 heteroatoms. The fraction of sp³-hybridized carbons (Fsp3) is 0.118. The summed E-state index contributed by atoms with van der Waals surface area (Å²) in [7, 11) is 3.17. The van der Waals surface area contributed by atoms with E-state index in [0.717, 1.165) is 22.2 Å². The van der Waals surface area contributed by atoms with Crippen molar-refractivity contribution < 1.29 is 19.4 Å². The number of aromatic amines is 1. The van der Waals surface area contributed by atoms with Crippen LogP contribution in [0, 0.1) is 0 Å². The van der Waals surface area contributed by atoms with E-state index >= 15 is 0 Å². The van der Waals surface area contributed by atoms with Gasteiger partial charge in [0.25, 0.3) is 0 Å². The fourth-order valence-corrected chi connectivity index (χ4v) is 2.52. The van der Waals surface area contributed by atoms with Crippen molar-refractivity contribution in [2.24, 2.45) is 0 Å². The zero-order chi connectivity index (χ0) is 15.7. The molecule has 0 fully saturated rings. The molecule has 1 heterocycles. The van der Waals surface area contributed by atoms with E-state index in [4.69, 9.17) is 9.47 Å². The Morgan fingerprint density at radius 3 is 2.23 bits per heavy atom. The quantitative estimate of drug-likeness (QED) is 0.772. The minimum absolute atomic E-state index is 0.161. The van der Waals surface area contributed by atoms with Crippen LogP contribution in [0.2, 0.25) is 0 Å². The maximum Gasteiger partial charge on any atom is 0.352 e. The van der Waals surface area contributed by atoms with E-state index < -0.39 is 5.97 Å². The van der Waals surface area contributed by atoms with Gasteiger partial charge < -0.3 is 19.6 Å². The van der Waals surface area contributed by atoms with Crippen LogP contribution in [0.3, 0.4) is 0 Å². The highest BCUT2D eigenvalue weighted by molar-refractivity contribution is 6.07. The number of carbonyl (C=O) groups is 1. The van der Waals surface area contributed by atoms with Gasteiger partial charge >= 0.3 is 5.97 Å². The summed E-state index contributed by atoms with van der Waals surface area (Å²) in [6.45, 7) is 0. The Kier molecular flexibility index (Phi) is 3.47. The van der Waals surface area contributed by atoms with Crippen molar-refractivity contribution in [3.8, 4) is 22.6 Å². The topological polar surface area (TPSA) is 71.5 Å². The summed E-state index contributed by atoms with van der Waals surface area (Å²) in [5.41, 5.74) is 2.36. The highest BCUT2D eigenvalue weighted by Crippen LogP contribution is 2.35. The first-order chi connectivity index (χ1) is 10.6. The second-order valence-corrected chi connectivity index (χ2v) is 4.82. The molecule has 22 heavy (non-hydrogen) atoms. The van der Waals surface area contributed by atoms with Crippen LogP contribution in [0.25, 0.3) is 22.0 Å². The molecule has 5 nitrogen and oxygen atoms in total. The SMILES string of the molecule is COc1ccc(-c2c(C(=O)O)[nH]c3cc(OC)ccc23)cc1. The second kappa shape index (κ2) is 5.44. The molecule has 112 valence electrons. The van der Waals surface area contributed by atoms with Gasteiger partial charge in [0.05, 0.1) is 19.7 Å². The van der Waals surface area contributed by atoms with Gasteiger partial charge in [0.1, 0.15) is 17.2 Å². The zero-order valence-electron chi connectivity index (χ0n) is 12.2. The molecule has 0 aliphatic heterocycles. The number of carboxylic acids is 1. The van der Waals surface area contributed by atoms with Gasteiger partial charge in [-0.1, -0.05) is 12.1 Å². The van der Waals surface area contributed by atoms with Crippen LogP contribution in [0.4, 0.5) is 0 Å². The number of carboxylic acid groups (broad SMARTS) is 1. The third-order valence-corrected chi connectivity index (χ3v) is 3.60. The van der Waals surface area contributed by atoms with Crippen molar-refractivity contribution in [1.29, 1.82) is 0 Å².